The molecule has 0 unspecified atom stereocenters. The third-order valence-corrected chi connectivity index (χ3v) is 3.85. The molecule has 0 aliphatic heterocycles. The highest BCUT2D eigenvalue weighted by Gasteiger charge is 2.03. The van der Waals surface area contributed by atoms with E-state index in [1.165, 1.54) is 10.3 Å². The van der Waals surface area contributed by atoms with Crippen molar-refractivity contribution in [2.24, 2.45) is 0 Å². The summed E-state index contributed by atoms with van der Waals surface area (Å²) in [7, 11) is 0. The van der Waals surface area contributed by atoms with Gasteiger partial charge in [-0.05, 0) is 31.0 Å². The second-order valence-electron chi connectivity index (χ2n) is 4.44. The fourth-order valence-electron chi connectivity index (χ4n) is 1.90. The fourth-order valence-corrected chi connectivity index (χ4v) is 2.77. The average molecular weight is 273 g/mol. The second-order valence-corrected chi connectivity index (χ2v) is 5.47. The van der Waals surface area contributed by atoms with Crippen LogP contribution in [-0.2, 0) is 6.54 Å². The van der Waals surface area contributed by atoms with Crippen molar-refractivity contribution < 1.29 is 0 Å². The summed E-state index contributed by atoms with van der Waals surface area (Å²) in [5, 5.41) is 12.1. The topological polar surface area (TPSA) is 55.6 Å². The van der Waals surface area contributed by atoms with Gasteiger partial charge in [0.15, 0.2) is 5.13 Å². The van der Waals surface area contributed by atoms with Crippen LogP contribution in [0.1, 0.15) is 12.0 Å². The van der Waals surface area contributed by atoms with Crippen molar-refractivity contribution in [1.82, 2.24) is 20.0 Å². The van der Waals surface area contributed by atoms with Crippen molar-refractivity contribution in [1.29, 1.82) is 0 Å². The number of thiazole rings is 1. The van der Waals surface area contributed by atoms with Gasteiger partial charge in [-0.3, -0.25) is 4.68 Å². The van der Waals surface area contributed by atoms with Crippen LogP contribution in [0, 0.1) is 6.92 Å². The summed E-state index contributed by atoms with van der Waals surface area (Å²) < 4.78 is 3.06. The number of benzene rings is 1. The predicted octanol–water partition coefficient (Wildman–Crippen LogP) is 2.70. The highest BCUT2D eigenvalue weighted by Crippen LogP contribution is 2.26. The van der Waals surface area contributed by atoms with Crippen LogP contribution in [0.4, 0.5) is 5.13 Å². The van der Waals surface area contributed by atoms with Crippen LogP contribution >= 0.6 is 11.3 Å². The molecular formula is C13H15N5S. The van der Waals surface area contributed by atoms with E-state index >= 15 is 0 Å². The average Bonchev–Trinajstić information content (AvgIpc) is 3.02. The fraction of sp³-hybridized carbons (Fsp3) is 0.308. The highest BCUT2D eigenvalue weighted by atomic mass is 32.1. The molecule has 0 bridgehead atoms. The Kier molecular flexibility index (Phi) is 3.41. The van der Waals surface area contributed by atoms with Gasteiger partial charge in [-0.1, -0.05) is 22.6 Å². The summed E-state index contributed by atoms with van der Waals surface area (Å²) in [4.78, 5) is 4.58. The standard InChI is InChI=1S/C13H15N5S/c1-10-3-4-12-11(9-10)16-13(19-12)14-5-2-7-18-8-6-15-17-18/h3-4,6,8-9H,2,5,7H2,1H3,(H,14,16). The molecule has 1 aromatic carbocycles. The molecule has 3 rings (SSSR count). The predicted molar refractivity (Wildman–Crippen MR) is 77.5 cm³/mol. The normalized spacial score (nSPS) is 11.0. The smallest absolute Gasteiger partial charge is 0.183 e. The number of hydrogen-bond donors (Lipinski definition) is 1. The number of aromatic nitrogens is 4. The number of aryl methyl sites for hydroxylation is 2. The van der Waals surface area contributed by atoms with E-state index in [-0.39, 0.29) is 0 Å². The summed E-state index contributed by atoms with van der Waals surface area (Å²) >= 11 is 1.70. The molecule has 0 saturated carbocycles. The molecular weight excluding hydrogens is 258 g/mol. The third kappa shape index (κ3) is 2.90. The monoisotopic (exact) mass is 273 g/mol. The molecule has 0 saturated heterocycles. The Morgan fingerprint density at radius 1 is 1.37 bits per heavy atom. The Bertz CT molecular complexity index is 659. The minimum Gasteiger partial charge on any atom is -0.361 e. The van der Waals surface area contributed by atoms with Crippen LogP contribution < -0.4 is 5.32 Å². The number of nitrogens with one attached hydrogen (secondary N) is 1. The van der Waals surface area contributed by atoms with Gasteiger partial charge in [0.1, 0.15) is 0 Å². The first-order valence-corrected chi connectivity index (χ1v) is 7.08. The molecule has 6 heteroatoms. The van der Waals surface area contributed by atoms with Gasteiger partial charge in [-0.15, -0.1) is 5.10 Å². The maximum atomic E-state index is 4.58. The van der Waals surface area contributed by atoms with Crippen LogP contribution in [0.2, 0.25) is 0 Å². The molecule has 3 aromatic rings. The van der Waals surface area contributed by atoms with Gasteiger partial charge in [-0.2, -0.15) is 0 Å². The molecule has 98 valence electrons. The SMILES string of the molecule is Cc1ccc2sc(NCCCn3ccnn3)nc2c1. The van der Waals surface area contributed by atoms with Crippen LogP contribution in [0.3, 0.4) is 0 Å². The number of fused-ring (bicyclic) bond motifs is 1. The van der Waals surface area contributed by atoms with Crippen LogP contribution in [0.15, 0.2) is 30.6 Å². The lowest BCUT2D eigenvalue weighted by Crippen LogP contribution is -2.07. The Morgan fingerprint density at radius 3 is 3.16 bits per heavy atom. The minimum absolute atomic E-state index is 0.872. The van der Waals surface area contributed by atoms with Crippen molar-refractivity contribution in [3.63, 3.8) is 0 Å². The van der Waals surface area contributed by atoms with Gasteiger partial charge in [0.05, 0.1) is 16.4 Å². The molecule has 5 nitrogen and oxygen atoms in total. The van der Waals surface area contributed by atoms with Crippen molar-refractivity contribution in [3.05, 3.63) is 36.2 Å². The maximum absolute atomic E-state index is 4.58. The van der Waals surface area contributed by atoms with Crippen molar-refractivity contribution in [3.8, 4) is 0 Å². The van der Waals surface area contributed by atoms with Crippen LogP contribution in [0.5, 0.6) is 0 Å². The van der Waals surface area contributed by atoms with E-state index in [0.717, 1.165) is 30.2 Å². The summed E-state index contributed by atoms with van der Waals surface area (Å²) in [6, 6.07) is 6.37. The second kappa shape index (κ2) is 5.36. The third-order valence-electron chi connectivity index (χ3n) is 2.86. The number of hydrogen-bond acceptors (Lipinski definition) is 5. The molecule has 0 atom stereocenters. The van der Waals surface area contributed by atoms with Gasteiger partial charge >= 0.3 is 0 Å². The summed E-state index contributed by atoms with van der Waals surface area (Å²) in [5.74, 6) is 0. The highest BCUT2D eigenvalue weighted by molar-refractivity contribution is 7.22. The van der Waals surface area contributed by atoms with E-state index in [1.807, 2.05) is 10.9 Å². The lowest BCUT2D eigenvalue weighted by Gasteiger charge is -2.01. The maximum Gasteiger partial charge on any atom is 0.183 e. The van der Waals surface area contributed by atoms with Crippen LogP contribution in [0.25, 0.3) is 10.2 Å². The van der Waals surface area contributed by atoms with Gasteiger partial charge in [-0.25, -0.2) is 4.98 Å². The van der Waals surface area contributed by atoms with Gasteiger partial charge in [0.2, 0.25) is 0 Å². The molecule has 2 heterocycles. The molecule has 0 aliphatic rings. The zero-order chi connectivity index (χ0) is 13.1. The molecule has 0 spiro atoms. The molecule has 2 aromatic heterocycles. The summed E-state index contributed by atoms with van der Waals surface area (Å²) in [6.45, 7) is 3.85. The zero-order valence-electron chi connectivity index (χ0n) is 10.7. The van der Waals surface area contributed by atoms with Crippen molar-refractivity contribution in [2.75, 3.05) is 11.9 Å². The molecule has 0 radical (unpaired) electrons. The van der Waals surface area contributed by atoms with Gasteiger partial charge in [0, 0.05) is 19.3 Å². The molecule has 0 fully saturated rings. The first kappa shape index (κ1) is 12.1. The first-order valence-electron chi connectivity index (χ1n) is 6.26. The van der Waals surface area contributed by atoms with Gasteiger partial charge in [0.25, 0.3) is 0 Å². The summed E-state index contributed by atoms with van der Waals surface area (Å²) in [5.41, 5.74) is 2.32. The summed E-state index contributed by atoms with van der Waals surface area (Å²) in [6.07, 6.45) is 4.57. The molecule has 0 amide bonds. The lowest BCUT2D eigenvalue weighted by molar-refractivity contribution is 0.570. The van der Waals surface area contributed by atoms with E-state index in [4.69, 9.17) is 0 Å². The molecule has 1 N–H and O–H groups in total. The van der Waals surface area contributed by atoms with E-state index in [9.17, 15) is 0 Å². The molecule has 0 aliphatic carbocycles. The Labute approximate surface area is 115 Å². The Hall–Kier alpha value is -1.95. The lowest BCUT2D eigenvalue weighted by atomic mass is 10.2. The van der Waals surface area contributed by atoms with E-state index in [1.54, 1.807) is 17.5 Å². The zero-order valence-corrected chi connectivity index (χ0v) is 11.5. The Balaban J connectivity index is 1.56. The van der Waals surface area contributed by atoms with E-state index in [0.29, 0.717) is 0 Å². The van der Waals surface area contributed by atoms with Crippen molar-refractivity contribution >= 4 is 26.7 Å². The van der Waals surface area contributed by atoms with E-state index < -0.39 is 0 Å². The number of rotatable bonds is 5. The molecule has 19 heavy (non-hydrogen) atoms. The Morgan fingerprint density at radius 2 is 2.32 bits per heavy atom. The van der Waals surface area contributed by atoms with Crippen LogP contribution in [-0.4, -0.2) is 26.5 Å². The largest absolute Gasteiger partial charge is 0.361 e. The van der Waals surface area contributed by atoms with Gasteiger partial charge < -0.3 is 5.32 Å². The minimum atomic E-state index is 0.872. The number of nitrogens with zero attached hydrogens (tertiary/aromatic N) is 4. The first-order chi connectivity index (χ1) is 9.31. The quantitative estimate of drug-likeness (QED) is 0.726. The van der Waals surface area contributed by atoms with Crippen molar-refractivity contribution in [2.45, 2.75) is 19.9 Å². The number of anilines is 1. The van der Waals surface area contributed by atoms with E-state index in [2.05, 4.69) is 45.7 Å².